The van der Waals surface area contributed by atoms with Crippen LogP contribution in [0.3, 0.4) is 0 Å². The smallest absolute Gasteiger partial charge is 0.317 e. The van der Waals surface area contributed by atoms with Crippen molar-refractivity contribution in [3.8, 4) is 0 Å². The van der Waals surface area contributed by atoms with Gasteiger partial charge in [0, 0.05) is 24.5 Å². The quantitative estimate of drug-likeness (QED) is 0.900. The molecule has 1 aliphatic rings. The highest BCUT2D eigenvalue weighted by atomic mass is 32.1. The van der Waals surface area contributed by atoms with E-state index in [1.54, 1.807) is 13.2 Å². The topological polar surface area (TPSA) is 74.3 Å². The summed E-state index contributed by atoms with van der Waals surface area (Å²) < 4.78 is 0. The Hall–Kier alpha value is -2.41. The van der Waals surface area contributed by atoms with Gasteiger partial charge in [0.05, 0.1) is 6.54 Å². The van der Waals surface area contributed by atoms with E-state index in [1.807, 2.05) is 0 Å². The zero-order valence-electron chi connectivity index (χ0n) is 13.0. The molecule has 1 aromatic heterocycles. The zero-order valence-corrected chi connectivity index (χ0v) is 13.8. The lowest BCUT2D eigenvalue weighted by Crippen LogP contribution is -2.38. The number of nitrogens with one attached hydrogen (secondary N) is 2. The first-order chi connectivity index (χ1) is 11.0. The van der Waals surface area contributed by atoms with Gasteiger partial charge < -0.3 is 15.5 Å². The summed E-state index contributed by atoms with van der Waals surface area (Å²) in [6.07, 6.45) is 2.57. The van der Waals surface area contributed by atoms with Crippen LogP contribution in [0.4, 0.5) is 9.93 Å². The third kappa shape index (κ3) is 3.68. The number of urea groups is 1. The van der Waals surface area contributed by atoms with E-state index in [1.165, 1.54) is 27.4 Å². The lowest BCUT2D eigenvalue weighted by Gasteiger charge is -2.08. The maximum atomic E-state index is 12.1. The molecule has 0 aliphatic carbocycles. The van der Waals surface area contributed by atoms with Gasteiger partial charge in [-0.3, -0.25) is 4.79 Å². The first-order valence-corrected chi connectivity index (χ1v) is 8.15. The van der Waals surface area contributed by atoms with Gasteiger partial charge in [0.1, 0.15) is 6.04 Å². The fourth-order valence-electron chi connectivity index (χ4n) is 2.36. The van der Waals surface area contributed by atoms with Crippen molar-refractivity contribution in [2.24, 2.45) is 0 Å². The number of aromatic nitrogens is 1. The molecule has 1 unspecified atom stereocenters. The van der Waals surface area contributed by atoms with Crippen molar-refractivity contribution in [1.29, 1.82) is 0 Å². The molecule has 2 heterocycles. The molecule has 0 bridgehead atoms. The minimum atomic E-state index is -0.531. The molecular weight excluding hydrogens is 312 g/mol. The van der Waals surface area contributed by atoms with Crippen LogP contribution in [-0.4, -0.2) is 41.5 Å². The Labute approximate surface area is 138 Å². The molecule has 1 saturated heterocycles. The number of hydrogen-bond acceptors (Lipinski definition) is 4. The van der Waals surface area contributed by atoms with Crippen LogP contribution >= 0.6 is 11.3 Å². The van der Waals surface area contributed by atoms with E-state index >= 15 is 0 Å². The van der Waals surface area contributed by atoms with E-state index < -0.39 is 6.04 Å². The zero-order chi connectivity index (χ0) is 16.4. The van der Waals surface area contributed by atoms with Crippen molar-refractivity contribution in [1.82, 2.24) is 15.2 Å². The summed E-state index contributed by atoms with van der Waals surface area (Å²) in [6, 6.07) is 7.59. The molecular formula is C16H18N4O2S. The molecule has 2 N–H and O–H groups in total. The Morgan fingerprint density at radius 2 is 2.17 bits per heavy atom. The highest BCUT2D eigenvalue weighted by Crippen LogP contribution is 2.21. The Balaban J connectivity index is 1.60. The standard InChI is InChI=1S/C16H18N4O2S/c1-10-3-5-11(6-4-10)7-12-8-17-15(23-12)19-14(21)13-9-20(2)16(22)18-13/h3-6,8,13H,7,9H2,1-2H3,(H,18,22)(H,17,19,21). The van der Waals surface area contributed by atoms with E-state index in [4.69, 9.17) is 0 Å². The Morgan fingerprint density at radius 1 is 1.43 bits per heavy atom. The van der Waals surface area contributed by atoms with Crippen LogP contribution in [0.2, 0.25) is 0 Å². The van der Waals surface area contributed by atoms with E-state index in [-0.39, 0.29) is 11.9 Å². The number of nitrogens with zero attached hydrogens (tertiary/aromatic N) is 2. The molecule has 0 saturated carbocycles. The molecule has 6 nitrogen and oxygen atoms in total. The number of likely N-dealkylation sites (N-methyl/N-ethyl adjacent to an activating group) is 1. The van der Waals surface area contributed by atoms with Gasteiger partial charge >= 0.3 is 6.03 Å². The molecule has 1 fully saturated rings. The lowest BCUT2D eigenvalue weighted by molar-refractivity contribution is -0.117. The molecule has 1 atom stereocenters. The summed E-state index contributed by atoms with van der Waals surface area (Å²) in [5.74, 6) is -0.237. The van der Waals surface area contributed by atoms with Crippen molar-refractivity contribution in [3.05, 3.63) is 46.5 Å². The van der Waals surface area contributed by atoms with Crippen molar-refractivity contribution in [2.45, 2.75) is 19.4 Å². The van der Waals surface area contributed by atoms with Gasteiger partial charge in [-0.05, 0) is 12.5 Å². The Morgan fingerprint density at radius 3 is 2.83 bits per heavy atom. The number of benzene rings is 1. The number of carbonyl (C=O) groups excluding carboxylic acids is 2. The highest BCUT2D eigenvalue weighted by Gasteiger charge is 2.31. The molecule has 7 heteroatoms. The Bertz CT molecular complexity index is 726. The highest BCUT2D eigenvalue weighted by molar-refractivity contribution is 7.15. The molecule has 23 heavy (non-hydrogen) atoms. The van der Waals surface area contributed by atoms with Crippen LogP contribution < -0.4 is 10.6 Å². The monoisotopic (exact) mass is 330 g/mol. The molecule has 3 amide bonds. The van der Waals surface area contributed by atoms with E-state index in [0.717, 1.165) is 11.3 Å². The van der Waals surface area contributed by atoms with Gasteiger partial charge in [0.25, 0.3) is 5.91 Å². The second-order valence-electron chi connectivity index (χ2n) is 5.67. The van der Waals surface area contributed by atoms with Gasteiger partial charge in [-0.1, -0.05) is 29.8 Å². The predicted octanol–water partition coefficient (Wildman–Crippen LogP) is 2.00. The average Bonchev–Trinajstić information content (AvgIpc) is 3.09. The number of hydrogen-bond donors (Lipinski definition) is 2. The van der Waals surface area contributed by atoms with Crippen molar-refractivity contribution >= 4 is 28.4 Å². The summed E-state index contributed by atoms with van der Waals surface area (Å²) in [4.78, 5) is 30.3. The van der Waals surface area contributed by atoms with Crippen LogP contribution in [0.15, 0.2) is 30.5 Å². The SMILES string of the molecule is Cc1ccc(Cc2cnc(NC(=O)C3CN(C)C(=O)N3)s2)cc1. The van der Waals surface area contributed by atoms with Gasteiger partial charge in [0.15, 0.2) is 5.13 Å². The average molecular weight is 330 g/mol. The van der Waals surface area contributed by atoms with Crippen LogP contribution in [0.25, 0.3) is 0 Å². The number of anilines is 1. The largest absolute Gasteiger partial charge is 0.325 e. The molecule has 3 rings (SSSR count). The number of rotatable bonds is 4. The van der Waals surface area contributed by atoms with Crippen LogP contribution in [0, 0.1) is 6.92 Å². The molecule has 120 valence electrons. The second kappa shape index (κ2) is 6.37. The molecule has 1 aromatic carbocycles. The molecule has 0 radical (unpaired) electrons. The number of amides is 3. The fourth-order valence-corrected chi connectivity index (χ4v) is 3.21. The number of aryl methyl sites for hydroxylation is 1. The van der Waals surface area contributed by atoms with Crippen LogP contribution in [0.1, 0.15) is 16.0 Å². The predicted molar refractivity (Wildman–Crippen MR) is 89.7 cm³/mol. The molecule has 2 aromatic rings. The summed E-state index contributed by atoms with van der Waals surface area (Å²) >= 11 is 1.45. The van der Waals surface area contributed by atoms with Gasteiger partial charge in [-0.25, -0.2) is 9.78 Å². The first kappa shape index (κ1) is 15.5. The third-order valence-corrected chi connectivity index (χ3v) is 4.61. The van der Waals surface area contributed by atoms with E-state index in [9.17, 15) is 9.59 Å². The maximum absolute atomic E-state index is 12.1. The fraction of sp³-hybridized carbons (Fsp3) is 0.312. The summed E-state index contributed by atoms with van der Waals surface area (Å²) in [7, 11) is 1.66. The summed E-state index contributed by atoms with van der Waals surface area (Å²) in [5, 5.41) is 5.95. The Kier molecular flexibility index (Phi) is 4.29. The van der Waals surface area contributed by atoms with Gasteiger partial charge in [-0.2, -0.15) is 0 Å². The summed E-state index contributed by atoms with van der Waals surface area (Å²) in [6.45, 7) is 2.43. The van der Waals surface area contributed by atoms with Crippen molar-refractivity contribution in [3.63, 3.8) is 0 Å². The first-order valence-electron chi connectivity index (χ1n) is 7.34. The van der Waals surface area contributed by atoms with Crippen LogP contribution in [-0.2, 0) is 11.2 Å². The third-order valence-electron chi connectivity index (χ3n) is 3.70. The summed E-state index contributed by atoms with van der Waals surface area (Å²) in [5.41, 5.74) is 2.44. The van der Waals surface area contributed by atoms with Crippen molar-refractivity contribution < 1.29 is 9.59 Å². The normalized spacial score (nSPS) is 17.2. The second-order valence-corrected chi connectivity index (χ2v) is 6.78. The molecule has 1 aliphatic heterocycles. The maximum Gasteiger partial charge on any atom is 0.317 e. The van der Waals surface area contributed by atoms with E-state index in [0.29, 0.717) is 11.7 Å². The minimum absolute atomic E-state index is 0.232. The van der Waals surface area contributed by atoms with Gasteiger partial charge in [0.2, 0.25) is 0 Å². The van der Waals surface area contributed by atoms with Crippen molar-refractivity contribution in [2.75, 3.05) is 18.9 Å². The number of thiazole rings is 1. The van der Waals surface area contributed by atoms with Crippen LogP contribution in [0.5, 0.6) is 0 Å². The van der Waals surface area contributed by atoms with E-state index in [2.05, 4.69) is 46.8 Å². The lowest BCUT2D eigenvalue weighted by atomic mass is 10.1. The van der Waals surface area contributed by atoms with Gasteiger partial charge in [-0.15, -0.1) is 11.3 Å². The minimum Gasteiger partial charge on any atom is -0.325 e. The number of carbonyl (C=O) groups is 2. The molecule has 0 spiro atoms.